The van der Waals surface area contributed by atoms with Gasteiger partial charge in [0.1, 0.15) is 0 Å². The number of hydrogen-bond donors (Lipinski definition) is 0. The number of tetrazole rings is 1. The van der Waals surface area contributed by atoms with Crippen molar-refractivity contribution in [3.05, 3.63) is 70.8 Å². The first kappa shape index (κ1) is 21.4. The van der Waals surface area contributed by atoms with E-state index in [0.717, 1.165) is 28.5 Å². The van der Waals surface area contributed by atoms with E-state index in [0.29, 0.717) is 12.5 Å². The molecule has 2 aromatic heterocycles. The Kier molecular flexibility index (Phi) is 6.65. The lowest BCUT2D eigenvalue weighted by molar-refractivity contribution is 0.120. The molecule has 3 aromatic rings. The molecule has 0 aliphatic carbocycles. The summed E-state index contributed by atoms with van der Waals surface area (Å²) in [7, 11) is 0. The van der Waals surface area contributed by atoms with E-state index in [2.05, 4.69) is 72.2 Å². The molecule has 0 N–H and O–H groups in total. The predicted octanol–water partition coefficient (Wildman–Crippen LogP) is 4.88. The zero-order chi connectivity index (χ0) is 21.0. The molecule has 6 nitrogen and oxygen atoms in total. The minimum absolute atomic E-state index is 0.0145. The topological polar surface area (TPSA) is 59.7 Å². The van der Waals surface area contributed by atoms with Gasteiger partial charge in [-0.25, -0.2) is 4.68 Å². The van der Waals surface area contributed by atoms with E-state index in [4.69, 9.17) is 11.6 Å². The van der Waals surface area contributed by atoms with E-state index >= 15 is 0 Å². The van der Waals surface area contributed by atoms with Gasteiger partial charge < -0.3 is 0 Å². The summed E-state index contributed by atoms with van der Waals surface area (Å²) in [5.74, 6) is 1.16. The van der Waals surface area contributed by atoms with Crippen LogP contribution in [0, 0.1) is 5.92 Å². The lowest BCUT2D eigenvalue weighted by Crippen LogP contribution is -2.36. The Hall–Kier alpha value is -2.31. The lowest BCUT2D eigenvalue weighted by Gasteiger charge is -2.35. The summed E-state index contributed by atoms with van der Waals surface area (Å²) >= 11 is 6.50. The van der Waals surface area contributed by atoms with Crippen LogP contribution in [0.2, 0.25) is 5.02 Å². The number of rotatable bonds is 7. The highest BCUT2D eigenvalue weighted by atomic mass is 35.5. The molecule has 154 valence electrons. The summed E-state index contributed by atoms with van der Waals surface area (Å²) in [6.45, 7) is 12.2. The second-order valence-electron chi connectivity index (χ2n) is 8.67. The summed E-state index contributed by atoms with van der Waals surface area (Å²) in [6.07, 6.45) is 3.70. The molecule has 0 aliphatic rings. The van der Waals surface area contributed by atoms with Crippen LogP contribution in [-0.2, 0) is 18.6 Å². The standard InChI is InChI=1S/C22H29ClN6/c1-16(2)20(21-25-26-27-29(21)22(3,4)5)28(14-17-9-8-12-24-13-17)15-18-10-6-7-11-19(18)23/h6-13,16,20H,14-15H2,1-5H3. The highest BCUT2D eigenvalue weighted by molar-refractivity contribution is 6.31. The predicted molar refractivity (Wildman–Crippen MR) is 115 cm³/mol. The third kappa shape index (κ3) is 5.19. The number of nitrogens with zero attached hydrogens (tertiary/aromatic N) is 6. The van der Waals surface area contributed by atoms with Crippen molar-refractivity contribution in [2.45, 2.75) is 59.3 Å². The number of benzene rings is 1. The molecule has 7 heteroatoms. The van der Waals surface area contributed by atoms with E-state index < -0.39 is 0 Å². The fourth-order valence-corrected chi connectivity index (χ4v) is 3.76. The third-order valence-electron chi connectivity index (χ3n) is 4.86. The zero-order valence-corrected chi connectivity index (χ0v) is 18.5. The van der Waals surface area contributed by atoms with E-state index in [-0.39, 0.29) is 11.6 Å². The first-order valence-electron chi connectivity index (χ1n) is 9.92. The molecule has 0 saturated carbocycles. The summed E-state index contributed by atoms with van der Waals surface area (Å²) in [6, 6.07) is 12.1. The van der Waals surface area contributed by atoms with Crippen LogP contribution in [0.25, 0.3) is 0 Å². The quantitative estimate of drug-likeness (QED) is 0.553. The molecule has 0 spiro atoms. The van der Waals surface area contributed by atoms with Gasteiger partial charge in [-0.05, 0) is 60.4 Å². The Morgan fingerprint density at radius 3 is 2.45 bits per heavy atom. The van der Waals surface area contributed by atoms with Crippen LogP contribution in [0.3, 0.4) is 0 Å². The summed E-state index contributed by atoms with van der Waals surface area (Å²) in [5.41, 5.74) is 2.01. The Balaban J connectivity index is 2.04. The van der Waals surface area contributed by atoms with Crippen molar-refractivity contribution in [1.29, 1.82) is 0 Å². The van der Waals surface area contributed by atoms with E-state index in [1.165, 1.54) is 0 Å². The fourth-order valence-electron chi connectivity index (χ4n) is 3.56. The molecule has 1 unspecified atom stereocenters. The first-order chi connectivity index (χ1) is 13.8. The third-order valence-corrected chi connectivity index (χ3v) is 5.23. The van der Waals surface area contributed by atoms with Gasteiger partial charge in [-0.3, -0.25) is 9.88 Å². The van der Waals surface area contributed by atoms with Crippen LogP contribution < -0.4 is 0 Å². The molecular weight excluding hydrogens is 384 g/mol. The monoisotopic (exact) mass is 412 g/mol. The van der Waals surface area contributed by atoms with Gasteiger partial charge in [-0.1, -0.05) is 49.7 Å². The van der Waals surface area contributed by atoms with Gasteiger partial charge in [0, 0.05) is 30.5 Å². The van der Waals surface area contributed by atoms with Crippen LogP contribution in [0.5, 0.6) is 0 Å². The van der Waals surface area contributed by atoms with Gasteiger partial charge in [-0.15, -0.1) is 5.10 Å². The van der Waals surface area contributed by atoms with Crippen molar-refractivity contribution < 1.29 is 0 Å². The van der Waals surface area contributed by atoms with Crippen molar-refractivity contribution in [2.75, 3.05) is 0 Å². The normalized spacial score (nSPS) is 13.2. The number of pyridine rings is 1. The maximum Gasteiger partial charge on any atom is 0.169 e. The highest BCUT2D eigenvalue weighted by Crippen LogP contribution is 2.33. The number of aromatic nitrogens is 5. The Labute approximate surface area is 177 Å². The maximum absolute atomic E-state index is 6.50. The molecule has 1 atom stereocenters. The minimum Gasteiger partial charge on any atom is -0.284 e. The molecule has 29 heavy (non-hydrogen) atoms. The summed E-state index contributed by atoms with van der Waals surface area (Å²) in [4.78, 5) is 6.67. The second kappa shape index (κ2) is 9.01. The molecule has 3 rings (SSSR count). The second-order valence-corrected chi connectivity index (χ2v) is 9.07. The lowest BCUT2D eigenvalue weighted by atomic mass is 9.98. The molecular formula is C22H29ClN6. The van der Waals surface area contributed by atoms with E-state index in [1.807, 2.05) is 35.1 Å². The zero-order valence-electron chi connectivity index (χ0n) is 17.7. The fraction of sp³-hybridized carbons (Fsp3) is 0.455. The van der Waals surface area contributed by atoms with Gasteiger partial charge in [-0.2, -0.15) is 0 Å². The Bertz CT molecular complexity index is 916. The molecule has 0 amide bonds. The van der Waals surface area contributed by atoms with Crippen molar-refractivity contribution in [3.63, 3.8) is 0 Å². The maximum atomic E-state index is 6.50. The molecule has 0 saturated heterocycles. The number of hydrogen-bond acceptors (Lipinski definition) is 5. The summed E-state index contributed by atoms with van der Waals surface area (Å²) in [5, 5.41) is 13.5. The molecule has 2 heterocycles. The SMILES string of the molecule is CC(C)C(c1nnnn1C(C)(C)C)N(Cc1cccnc1)Cc1ccccc1Cl. The molecule has 0 radical (unpaired) electrons. The van der Waals surface area contributed by atoms with Crippen molar-refractivity contribution >= 4 is 11.6 Å². The van der Waals surface area contributed by atoms with Crippen molar-refractivity contribution in [2.24, 2.45) is 5.92 Å². The molecule has 0 fully saturated rings. The largest absolute Gasteiger partial charge is 0.284 e. The van der Waals surface area contributed by atoms with E-state index in [9.17, 15) is 0 Å². The smallest absolute Gasteiger partial charge is 0.169 e. The average Bonchev–Trinajstić information content (AvgIpc) is 3.14. The molecule has 0 bridgehead atoms. The van der Waals surface area contributed by atoms with Crippen LogP contribution in [-0.4, -0.2) is 30.1 Å². The van der Waals surface area contributed by atoms with E-state index in [1.54, 1.807) is 6.20 Å². The van der Waals surface area contributed by atoms with Crippen molar-refractivity contribution in [3.8, 4) is 0 Å². The van der Waals surface area contributed by atoms with Crippen LogP contribution >= 0.6 is 11.6 Å². The highest BCUT2D eigenvalue weighted by Gasteiger charge is 2.32. The van der Waals surface area contributed by atoms with Gasteiger partial charge >= 0.3 is 0 Å². The van der Waals surface area contributed by atoms with Gasteiger partial charge in [0.15, 0.2) is 5.82 Å². The van der Waals surface area contributed by atoms with Crippen molar-refractivity contribution in [1.82, 2.24) is 30.1 Å². The minimum atomic E-state index is -0.212. The van der Waals surface area contributed by atoms with Crippen LogP contribution in [0.4, 0.5) is 0 Å². The average molecular weight is 413 g/mol. The van der Waals surface area contributed by atoms with Gasteiger partial charge in [0.25, 0.3) is 0 Å². The molecule has 1 aromatic carbocycles. The Morgan fingerprint density at radius 2 is 1.83 bits per heavy atom. The van der Waals surface area contributed by atoms with Gasteiger partial charge in [0.05, 0.1) is 11.6 Å². The first-order valence-corrected chi connectivity index (χ1v) is 10.3. The number of halogens is 1. The Morgan fingerprint density at radius 1 is 1.07 bits per heavy atom. The van der Waals surface area contributed by atoms with Crippen LogP contribution in [0.15, 0.2) is 48.8 Å². The molecule has 0 aliphatic heterocycles. The van der Waals surface area contributed by atoms with Gasteiger partial charge in [0.2, 0.25) is 0 Å². The van der Waals surface area contributed by atoms with Crippen LogP contribution in [0.1, 0.15) is 57.6 Å². The summed E-state index contributed by atoms with van der Waals surface area (Å²) < 4.78 is 1.93.